The molecule has 0 saturated carbocycles. The quantitative estimate of drug-likeness (QED) is 0.175. The minimum absolute atomic E-state index is 0. The Hall–Kier alpha value is -4.05. The van der Waals surface area contributed by atoms with Crippen LogP contribution in [0.5, 0.6) is 0 Å². The molecule has 0 N–H and O–H groups in total. The molecule has 6 nitrogen and oxygen atoms in total. The number of benzene rings is 2. The van der Waals surface area contributed by atoms with Gasteiger partial charge in [0.25, 0.3) is 0 Å². The van der Waals surface area contributed by atoms with Crippen LogP contribution in [-0.4, -0.2) is 99.1 Å². The fourth-order valence-corrected chi connectivity index (χ4v) is 8.63. The molecule has 4 fully saturated rings. The number of hydrogen-bond acceptors (Lipinski definition) is 5. The summed E-state index contributed by atoms with van der Waals surface area (Å²) in [4.78, 5) is 24.4. The van der Waals surface area contributed by atoms with Gasteiger partial charge in [-0.1, -0.05) is 79.0 Å². The summed E-state index contributed by atoms with van der Waals surface area (Å²) in [5, 5.41) is 0. The van der Waals surface area contributed by atoms with E-state index in [0.29, 0.717) is 6.04 Å². The van der Waals surface area contributed by atoms with Gasteiger partial charge in [-0.2, -0.15) is 0 Å². The Kier molecular flexibility index (Phi) is 15.8. The summed E-state index contributed by atoms with van der Waals surface area (Å²) in [5.41, 5.74) is 11.8. The Morgan fingerprint density at radius 1 is 0.925 bits per heavy atom. The molecule has 290 valence electrons. The van der Waals surface area contributed by atoms with Gasteiger partial charge in [0, 0.05) is 89.6 Å². The van der Waals surface area contributed by atoms with Crippen LogP contribution in [0.4, 0.5) is 11.4 Å². The molecule has 53 heavy (non-hydrogen) atoms. The Labute approximate surface area is 325 Å². The van der Waals surface area contributed by atoms with Crippen LogP contribution in [0, 0.1) is 24.7 Å². The van der Waals surface area contributed by atoms with Crippen molar-refractivity contribution in [2.45, 2.75) is 80.7 Å². The number of terminal acetylenes is 1. The number of rotatable bonds is 5. The lowest BCUT2D eigenvalue weighted by molar-refractivity contribution is -0.136. The van der Waals surface area contributed by atoms with E-state index in [1.165, 1.54) is 59.9 Å². The van der Waals surface area contributed by atoms with Crippen molar-refractivity contribution in [2.75, 3.05) is 82.3 Å². The zero-order chi connectivity index (χ0) is 38.2. The lowest BCUT2D eigenvalue weighted by Gasteiger charge is -2.47. The summed E-state index contributed by atoms with van der Waals surface area (Å²) in [6, 6.07) is 9.83. The van der Waals surface area contributed by atoms with Crippen molar-refractivity contribution in [2.24, 2.45) is 5.41 Å². The number of carbonyl (C=O) groups excluding carboxylic acids is 1. The SMILES string of the molecule is C.C#Cc1c(-c2c(C)ccc3c2CC(=C)C3=C)cc(N2CCC(N3CCN(C)CC3)CC2)cc1N1CCC2(CN(C(=O)C=C)C2)C1.C=CC.CC.CC.[HH]. The highest BCUT2D eigenvalue weighted by Crippen LogP contribution is 2.48. The van der Waals surface area contributed by atoms with E-state index in [-0.39, 0.29) is 20.2 Å². The Balaban J connectivity index is 0.00000105. The highest BCUT2D eigenvalue weighted by molar-refractivity contribution is 5.93. The average Bonchev–Trinajstić information content (AvgIpc) is 3.73. The smallest absolute Gasteiger partial charge is 0.245 e. The normalized spacial score (nSPS) is 19.2. The minimum Gasteiger partial charge on any atom is -0.371 e. The van der Waals surface area contributed by atoms with Gasteiger partial charge >= 0.3 is 0 Å². The molecule has 7 rings (SSSR count). The Morgan fingerprint density at radius 3 is 2.13 bits per heavy atom. The molecule has 0 radical (unpaired) electrons. The number of carbonyl (C=O) groups is 1. The van der Waals surface area contributed by atoms with E-state index >= 15 is 0 Å². The van der Waals surface area contributed by atoms with Crippen LogP contribution in [0.1, 0.15) is 85.0 Å². The predicted octanol–water partition coefficient (Wildman–Crippen LogP) is 9.34. The summed E-state index contributed by atoms with van der Waals surface area (Å²) in [6.07, 6.45) is 13.9. The van der Waals surface area contributed by atoms with Gasteiger partial charge in [-0.3, -0.25) is 9.69 Å². The van der Waals surface area contributed by atoms with E-state index in [1.54, 1.807) is 6.08 Å². The minimum atomic E-state index is 0. The molecule has 5 aliphatic rings. The van der Waals surface area contributed by atoms with Crippen LogP contribution in [0.2, 0.25) is 0 Å². The van der Waals surface area contributed by atoms with Crippen molar-refractivity contribution in [3.63, 3.8) is 0 Å². The molecule has 0 unspecified atom stereocenters. The van der Waals surface area contributed by atoms with Crippen molar-refractivity contribution >= 4 is 22.9 Å². The van der Waals surface area contributed by atoms with Gasteiger partial charge in [-0.05, 0) is 98.2 Å². The maximum absolute atomic E-state index is 12.3. The molecule has 4 aliphatic heterocycles. The van der Waals surface area contributed by atoms with E-state index in [9.17, 15) is 4.79 Å². The molecule has 6 heteroatoms. The zero-order valence-electron chi connectivity index (χ0n) is 33.5. The van der Waals surface area contributed by atoms with Gasteiger partial charge in [0.2, 0.25) is 5.91 Å². The largest absolute Gasteiger partial charge is 0.371 e. The van der Waals surface area contributed by atoms with E-state index in [2.05, 4.69) is 90.1 Å². The number of aryl methyl sites for hydroxylation is 1. The molecule has 0 aromatic heterocycles. The maximum Gasteiger partial charge on any atom is 0.245 e. The number of nitrogens with zero attached hydrogens (tertiary/aromatic N) is 5. The van der Waals surface area contributed by atoms with Crippen LogP contribution in [0.3, 0.4) is 0 Å². The van der Waals surface area contributed by atoms with Gasteiger partial charge < -0.3 is 19.6 Å². The Morgan fingerprint density at radius 2 is 1.55 bits per heavy atom. The lowest BCUT2D eigenvalue weighted by Crippen LogP contribution is -2.59. The second-order valence-corrected chi connectivity index (χ2v) is 14.6. The number of piperazine rings is 1. The summed E-state index contributed by atoms with van der Waals surface area (Å²) >= 11 is 0. The van der Waals surface area contributed by atoms with Crippen LogP contribution in [-0.2, 0) is 11.2 Å². The first-order chi connectivity index (χ1) is 25.1. The second kappa shape index (κ2) is 19.3. The number of allylic oxidation sites excluding steroid dienone is 3. The monoisotopic (exact) mass is 722 g/mol. The van der Waals surface area contributed by atoms with Gasteiger partial charge in [0.15, 0.2) is 0 Å². The van der Waals surface area contributed by atoms with E-state index in [4.69, 9.17) is 6.42 Å². The molecule has 0 bridgehead atoms. The first-order valence-electron chi connectivity index (χ1n) is 19.7. The van der Waals surface area contributed by atoms with Crippen molar-refractivity contribution in [3.05, 3.63) is 90.6 Å². The molecule has 1 aliphatic carbocycles. The number of hydrogen-bond donors (Lipinski definition) is 0. The first kappa shape index (κ1) is 43.4. The molecular formula is C47H71N5O. The predicted molar refractivity (Wildman–Crippen MR) is 234 cm³/mol. The van der Waals surface area contributed by atoms with Gasteiger partial charge in [-0.15, -0.1) is 13.0 Å². The average molecular weight is 722 g/mol. The van der Waals surface area contributed by atoms with E-state index in [1.807, 2.05) is 39.5 Å². The molecule has 2 aromatic carbocycles. The molecule has 4 saturated heterocycles. The summed E-state index contributed by atoms with van der Waals surface area (Å²) in [5.74, 6) is 3.20. The van der Waals surface area contributed by atoms with E-state index < -0.39 is 0 Å². The van der Waals surface area contributed by atoms with E-state index in [0.717, 1.165) is 93.2 Å². The molecule has 4 heterocycles. The van der Waals surface area contributed by atoms with Crippen molar-refractivity contribution in [1.29, 1.82) is 0 Å². The number of fused-ring (bicyclic) bond motifs is 1. The fraction of sp³-hybridized carbons (Fsp3) is 0.511. The number of anilines is 2. The molecule has 2 aromatic rings. The molecular weight excluding hydrogens is 651 g/mol. The third-order valence-corrected chi connectivity index (χ3v) is 11.4. The third kappa shape index (κ3) is 9.02. The molecule has 0 atom stereocenters. The van der Waals surface area contributed by atoms with Crippen LogP contribution in [0.25, 0.3) is 16.7 Å². The lowest BCUT2D eigenvalue weighted by atomic mass is 9.79. The number of likely N-dealkylation sites (N-methyl/N-ethyl adjacent to an activating group) is 1. The molecule has 1 spiro atoms. The third-order valence-electron chi connectivity index (χ3n) is 11.4. The second-order valence-electron chi connectivity index (χ2n) is 14.6. The summed E-state index contributed by atoms with van der Waals surface area (Å²) < 4.78 is 0. The maximum atomic E-state index is 12.3. The van der Waals surface area contributed by atoms with Gasteiger partial charge in [-0.25, -0.2) is 0 Å². The fourth-order valence-electron chi connectivity index (χ4n) is 8.63. The van der Waals surface area contributed by atoms with Crippen molar-refractivity contribution < 1.29 is 6.22 Å². The Bertz CT molecular complexity index is 1670. The van der Waals surface area contributed by atoms with Gasteiger partial charge in [0.05, 0.1) is 11.3 Å². The number of piperidine rings is 1. The molecule has 1 amide bonds. The van der Waals surface area contributed by atoms with Crippen LogP contribution in [0.15, 0.2) is 68.3 Å². The highest BCUT2D eigenvalue weighted by atomic mass is 16.2. The first-order valence-corrected chi connectivity index (χ1v) is 19.7. The van der Waals surface area contributed by atoms with Crippen LogP contribution < -0.4 is 9.80 Å². The van der Waals surface area contributed by atoms with Crippen LogP contribution >= 0.6 is 0 Å². The van der Waals surface area contributed by atoms with Gasteiger partial charge in [0.1, 0.15) is 0 Å². The van der Waals surface area contributed by atoms with Crippen molar-refractivity contribution in [3.8, 4) is 23.5 Å². The topological polar surface area (TPSA) is 33.3 Å². The number of likely N-dealkylation sites (tertiary alicyclic amines) is 1. The standard InChI is InChI=1S/C39H47N5O.C3H6.2C2H6.CH4.H2/c1-7-32-35(38-27(3)9-10-33-29(5)28(4)21-34(33)38)22-31(41-14-11-30(12-15-41)42-19-17-40(6)18-20-42)23-36(32)43-16-13-39(24-43)25-44(26-39)37(45)8-2;1-3-2;2*1-2;;/h1,8-10,22-23,30H,2,4-5,11-21,24-26H2,3,6H3;3H,1H2,2H3;2*1-2H3;1H4;1H. The number of amides is 1. The summed E-state index contributed by atoms with van der Waals surface area (Å²) in [6.45, 7) is 38.1. The zero-order valence-corrected chi connectivity index (χ0v) is 33.5. The van der Waals surface area contributed by atoms with Crippen molar-refractivity contribution in [1.82, 2.24) is 14.7 Å². The summed E-state index contributed by atoms with van der Waals surface area (Å²) in [7, 11) is 2.23. The highest BCUT2D eigenvalue weighted by Gasteiger charge is 2.49.